The van der Waals surface area contributed by atoms with Gasteiger partial charge in [0.1, 0.15) is 11.5 Å². The first-order chi connectivity index (χ1) is 12.1. The van der Waals surface area contributed by atoms with Gasteiger partial charge < -0.3 is 19.5 Å². The number of aromatic nitrogens is 1. The Morgan fingerprint density at radius 3 is 2.40 bits per heavy atom. The number of hydrogen-bond acceptors (Lipinski definition) is 6. The first kappa shape index (κ1) is 18.5. The van der Waals surface area contributed by atoms with Crippen molar-refractivity contribution in [2.45, 2.75) is 6.92 Å². The largest absolute Gasteiger partial charge is 0.494 e. The number of hydrogen-bond donors (Lipinski definition) is 1. The number of amides is 1. The van der Waals surface area contributed by atoms with Crippen LogP contribution in [0, 0.1) is 0 Å². The van der Waals surface area contributed by atoms with Gasteiger partial charge in [-0.25, -0.2) is 9.78 Å². The van der Waals surface area contributed by atoms with Crippen LogP contribution in [-0.2, 0) is 14.3 Å². The number of benzene rings is 1. The van der Waals surface area contributed by atoms with E-state index in [9.17, 15) is 9.59 Å². The van der Waals surface area contributed by atoms with E-state index in [1.54, 1.807) is 36.4 Å². The second-order valence-electron chi connectivity index (χ2n) is 4.74. The van der Waals surface area contributed by atoms with Gasteiger partial charge in [-0.1, -0.05) is 11.6 Å². The van der Waals surface area contributed by atoms with Gasteiger partial charge in [-0.15, -0.1) is 0 Å². The Hall–Kier alpha value is -2.80. The lowest BCUT2D eigenvalue weighted by molar-refractivity contribution is -0.149. The van der Waals surface area contributed by atoms with E-state index >= 15 is 0 Å². The fourth-order valence-corrected chi connectivity index (χ4v) is 1.96. The third-order valence-corrected chi connectivity index (χ3v) is 3.19. The van der Waals surface area contributed by atoms with E-state index < -0.39 is 18.5 Å². The number of halogens is 1. The average Bonchev–Trinajstić information content (AvgIpc) is 2.61. The van der Waals surface area contributed by atoms with Crippen molar-refractivity contribution in [1.29, 1.82) is 0 Å². The monoisotopic (exact) mass is 364 g/mol. The molecule has 0 aliphatic heterocycles. The SMILES string of the molecule is CCOc1ccc(OCC(=O)OCC(=O)Nc2cccnc2Cl)cc1. The molecule has 1 aromatic carbocycles. The van der Waals surface area contributed by atoms with Crippen LogP contribution in [0.4, 0.5) is 5.69 Å². The number of ether oxygens (including phenoxy) is 3. The van der Waals surface area contributed by atoms with Crippen molar-refractivity contribution in [3.05, 3.63) is 47.7 Å². The standard InChI is InChI=1S/C17H17ClN2O5/c1-2-23-12-5-7-13(8-6-12)24-11-16(22)25-10-15(21)20-14-4-3-9-19-17(14)18/h3-9H,2,10-11H2,1H3,(H,20,21). The molecule has 1 aromatic heterocycles. The predicted molar refractivity (Wildman–Crippen MR) is 91.9 cm³/mol. The molecule has 132 valence electrons. The summed E-state index contributed by atoms with van der Waals surface area (Å²) >= 11 is 5.82. The van der Waals surface area contributed by atoms with Gasteiger partial charge in [0.15, 0.2) is 18.4 Å². The van der Waals surface area contributed by atoms with Crippen LogP contribution in [0.1, 0.15) is 6.92 Å². The Morgan fingerprint density at radius 1 is 1.08 bits per heavy atom. The average molecular weight is 365 g/mol. The Bertz CT molecular complexity index is 721. The maximum atomic E-state index is 11.7. The summed E-state index contributed by atoms with van der Waals surface area (Å²) in [5.41, 5.74) is 0.343. The highest BCUT2D eigenvalue weighted by Crippen LogP contribution is 2.18. The third-order valence-electron chi connectivity index (χ3n) is 2.89. The molecule has 0 radical (unpaired) electrons. The van der Waals surface area contributed by atoms with Crippen molar-refractivity contribution < 1.29 is 23.8 Å². The summed E-state index contributed by atoms with van der Waals surface area (Å²) in [6.45, 7) is 1.70. The predicted octanol–water partition coefficient (Wildman–Crippen LogP) is 2.69. The first-order valence-electron chi connectivity index (χ1n) is 7.50. The van der Waals surface area contributed by atoms with E-state index in [0.29, 0.717) is 23.8 Å². The molecule has 0 fully saturated rings. The molecule has 1 amide bonds. The smallest absolute Gasteiger partial charge is 0.344 e. The zero-order valence-corrected chi connectivity index (χ0v) is 14.3. The molecule has 0 aliphatic carbocycles. The van der Waals surface area contributed by atoms with Crippen LogP contribution in [0.15, 0.2) is 42.6 Å². The van der Waals surface area contributed by atoms with E-state index in [4.69, 9.17) is 25.8 Å². The summed E-state index contributed by atoms with van der Waals surface area (Å²) in [6, 6.07) is 10.0. The molecule has 8 heteroatoms. The summed E-state index contributed by atoms with van der Waals surface area (Å²) < 4.78 is 15.4. The molecular weight excluding hydrogens is 348 g/mol. The lowest BCUT2D eigenvalue weighted by Crippen LogP contribution is -2.23. The van der Waals surface area contributed by atoms with Crippen LogP contribution >= 0.6 is 11.6 Å². The summed E-state index contributed by atoms with van der Waals surface area (Å²) in [6.07, 6.45) is 1.50. The Balaban J connectivity index is 1.71. The van der Waals surface area contributed by atoms with Gasteiger partial charge in [-0.2, -0.15) is 0 Å². The van der Waals surface area contributed by atoms with Crippen molar-refractivity contribution in [2.75, 3.05) is 25.1 Å². The van der Waals surface area contributed by atoms with E-state index in [1.165, 1.54) is 6.20 Å². The Labute approximate surface area is 149 Å². The number of esters is 1. The second-order valence-corrected chi connectivity index (χ2v) is 5.10. The topological polar surface area (TPSA) is 86.8 Å². The molecule has 2 aromatic rings. The van der Waals surface area contributed by atoms with Gasteiger partial charge in [0.05, 0.1) is 12.3 Å². The van der Waals surface area contributed by atoms with E-state index in [0.717, 1.165) is 0 Å². The molecule has 0 spiro atoms. The van der Waals surface area contributed by atoms with Crippen LogP contribution in [0.3, 0.4) is 0 Å². The molecule has 0 unspecified atom stereocenters. The molecule has 0 bridgehead atoms. The number of nitrogens with one attached hydrogen (secondary N) is 1. The fraction of sp³-hybridized carbons (Fsp3) is 0.235. The number of anilines is 1. The highest BCUT2D eigenvalue weighted by atomic mass is 35.5. The van der Waals surface area contributed by atoms with Crippen molar-refractivity contribution in [3.8, 4) is 11.5 Å². The Kier molecular flexibility index (Phi) is 7.03. The van der Waals surface area contributed by atoms with Gasteiger partial charge in [-0.3, -0.25) is 4.79 Å². The summed E-state index contributed by atoms with van der Waals surface area (Å²) in [5.74, 6) is 0.0146. The number of carbonyl (C=O) groups is 2. The maximum absolute atomic E-state index is 11.7. The molecule has 1 N–H and O–H groups in total. The summed E-state index contributed by atoms with van der Waals surface area (Å²) in [4.78, 5) is 27.2. The molecular formula is C17H17ClN2O5. The van der Waals surface area contributed by atoms with E-state index in [-0.39, 0.29) is 11.8 Å². The number of nitrogens with zero attached hydrogens (tertiary/aromatic N) is 1. The number of rotatable bonds is 8. The van der Waals surface area contributed by atoms with Gasteiger partial charge in [0, 0.05) is 6.20 Å². The van der Waals surface area contributed by atoms with Crippen LogP contribution < -0.4 is 14.8 Å². The van der Waals surface area contributed by atoms with Crippen LogP contribution in [0.2, 0.25) is 5.15 Å². The normalized spacial score (nSPS) is 10.0. The molecule has 1 heterocycles. The van der Waals surface area contributed by atoms with Gasteiger partial charge in [-0.05, 0) is 43.3 Å². The molecule has 0 saturated heterocycles. The van der Waals surface area contributed by atoms with E-state index in [1.807, 2.05) is 6.92 Å². The maximum Gasteiger partial charge on any atom is 0.344 e. The fourth-order valence-electron chi connectivity index (χ4n) is 1.79. The lowest BCUT2D eigenvalue weighted by atomic mass is 10.3. The minimum Gasteiger partial charge on any atom is -0.494 e. The third kappa shape index (κ3) is 6.31. The van der Waals surface area contributed by atoms with Gasteiger partial charge in [0.2, 0.25) is 0 Å². The van der Waals surface area contributed by atoms with Gasteiger partial charge >= 0.3 is 5.97 Å². The van der Waals surface area contributed by atoms with Crippen LogP contribution in [-0.4, -0.2) is 36.7 Å². The van der Waals surface area contributed by atoms with Crippen molar-refractivity contribution in [3.63, 3.8) is 0 Å². The highest BCUT2D eigenvalue weighted by Gasteiger charge is 2.10. The molecule has 0 atom stereocenters. The molecule has 0 aliphatic rings. The molecule has 0 saturated carbocycles. The first-order valence-corrected chi connectivity index (χ1v) is 7.88. The van der Waals surface area contributed by atoms with Gasteiger partial charge in [0.25, 0.3) is 5.91 Å². The van der Waals surface area contributed by atoms with Crippen molar-refractivity contribution in [2.24, 2.45) is 0 Å². The summed E-state index contributed by atoms with van der Waals surface area (Å²) in [7, 11) is 0. The van der Waals surface area contributed by atoms with Crippen LogP contribution in [0.5, 0.6) is 11.5 Å². The summed E-state index contributed by atoms with van der Waals surface area (Å²) in [5, 5.41) is 2.65. The van der Waals surface area contributed by atoms with E-state index in [2.05, 4.69) is 10.3 Å². The zero-order valence-electron chi connectivity index (χ0n) is 13.5. The minimum atomic E-state index is -0.665. The lowest BCUT2D eigenvalue weighted by Gasteiger charge is -2.09. The quantitative estimate of drug-likeness (QED) is 0.572. The molecule has 2 rings (SSSR count). The number of pyridine rings is 1. The van der Waals surface area contributed by atoms with Crippen molar-refractivity contribution in [1.82, 2.24) is 4.98 Å². The molecule has 25 heavy (non-hydrogen) atoms. The minimum absolute atomic E-state index is 0.154. The Morgan fingerprint density at radius 2 is 1.76 bits per heavy atom. The van der Waals surface area contributed by atoms with Crippen LogP contribution in [0.25, 0.3) is 0 Å². The zero-order chi connectivity index (χ0) is 18.1. The van der Waals surface area contributed by atoms with Crippen molar-refractivity contribution >= 4 is 29.2 Å². The number of carbonyl (C=O) groups excluding carboxylic acids is 2. The second kappa shape index (κ2) is 9.48. The molecule has 7 nitrogen and oxygen atoms in total. The highest BCUT2D eigenvalue weighted by molar-refractivity contribution is 6.32.